The van der Waals surface area contributed by atoms with Crippen molar-refractivity contribution in [2.75, 3.05) is 6.54 Å². The van der Waals surface area contributed by atoms with Gasteiger partial charge in [-0.25, -0.2) is 0 Å². The number of rotatable bonds is 4. The molecule has 1 amide bonds. The van der Waals surface area contributed by atoms with E-state index in [0.717, 1.165) is 18.5 Å². The van der Waals surface area contributed by atoms with Gasteiger partial charge in [-0.1, -0.05) is 61.5 Å². The first-order chi connectivity index (χ1) is 9.29. The molecule has 1 N–H and O–H groups in total. The summed E-state index contributed by atoms with van der Waals surface area (Å²) in [6.45, 7) is 2.81. The molecule has 0 fully saturated rings. The average Bonchev–Trinajstić information content (AvgIpc) is 2.42. The summed E-state index contributed by atoms with van der Waals surface area (Å²) in [7, 11) is 0. The normalized spacial score (nSPS) is 10.2. The van der Waals surface area contributed by atoms with E-state index in [4.69, 9.17) is 0 Å². The molecule has 0 radical (unpaired) electrons. The Morgan fingerprint density at radius 1 is 0.947 bits per heavy atom. The molecule has 0 heterocycles. The van der Waals surface area contributed by atoms with Gasteiger partial charge in [-0.05, 0) is 23.1 Å². The molecule has 0 saturated heterocycles. The topological polar surface area (TPSA) is 29.1 Å². The van der Waals surface area contributed by atoms with Crippen LogP contribution in [0.4, 0.5) is 0 Å². The minimum atomic E-state index is 0.105. The Morgan fingerprint density at radius 3 is 1.95 bits per heavy atom. The molecule has 2 aliphatic rings. The van der Waals surface area contributed by atoms with Crippen molar-refractivity contribution in [2.45, 2.75) is 19.8 Å². The van der Waals surface area contributed by atoms with Crippen LogP contribution in [-0.2, 0) is 11.2 Å². The molecule has 2 nitrogen and oxygen atoms in total. The predicted molar refractivity (Wildman–Crippen MR) is 78.9 cm³/mol. The minimum Gasteiger partial charge on any atom is -0.356 e. The number of carbonyl (C=O) groups excluding carboxylic acids is 1. The Balaban J connectivity index is 0.000000180. The molecular weight excluding hydrogens is 234 g/mol. The summed E-state index contributed by atoms with van der Waals surface area (Å²) < 4.78 is 0. The van der Waals surface area contributed by atoms with Crippen LogP contribution in [0.3, 0.4) is 0 Å². The van der Waals surface area contributed by atoms with E-state index in [9.17, 15) is 4.79 Å². The van der Waals surface area contributed by atoms with Crippen LogP contribution in [0.2, 0.25) is 0 Å². The molecule has 0 spiro atoms. The molecule has 0 aromatic heterocycles. The van der Waals surface area contributed by atoms with Crippen molar-refractivity contribution in [3.8, 4) is 11.1 Å². The van der Waals surface area contributed by atoms with Crippen LogP contribution < -0.4 is 5.32 Å². The lowest BCUT2D eigenvalue weighted by Crippen LogP contribution is -2.25. The molecule has 0 unspecified atom stereocenters. The highest BCUT2D eigenvalue weighted by molar-refractivity contribution is 5.78. The number of nitrogens with one attached hydrogen (secondary N) is 1. The van der Waals surface area contributed by atoms with Crippen molar-refractivity contribution in [1.29, 1.82) is 0 Å². The third-order valence-electron chi connectivity index (χ3n) is 3.00. The smallest absolute Gasteiger partial charge is 0.224 e. The molecule has 98 valence electrons. The molecule has 0 bridgehead atoms. The summed E-state index contributed by atoms with van der Waals surface area (Å²) in [5.41, 5.74) is 3.92. The van der Waals surface area contributed by atoms with E-state index in [1.807, 2.05) is 37.3 Å². The highest BCUT2D eigenvalue weighted by Gasteiger charge is 2.04. The highest BCUT2D eigenvalue weighted by Crippen LogP contribution is 2.29. The summed E-state index contributed by atoms with van der Waals surface area (Å²) in [5.74, 6) is 0.105. The molecule has 1 aromatic carbocycles. The van der Waals surface area contributed by atoms with Crippen LogP contribution in [0.5, 0.6) is 0 Å². The first kappa shape index (κ1) is 13.3. The van der Waals surface area contributed by atoms with Crippen molar-refractivity contribution < 1.29 is 4.79 Å². The second kappa shape index (κ2) is 6.74. The van der Waals surface area contributed by atoms with Gasteiger partial charge in [0.15, 0.2) is 0 Å². The fourth-order valence-electron chi connectivity index (χ4n) is 1.77. The maximum absolute atomic E-state index is 11.3. The number of carbonyl (C=O) groups is 1. The summed E-state index contributed by atoms with van der Waals surface area (Å²) in [6, 6.07) is 18.3. The maximum atomic E-state index is 11.3. The Labute approximate surface area is 114 Å². The van der Waals surface area contributed by atoms with Gasteiger partial charge in [0.1, 0.15) is 0 Å². The number of hydrogen-bond acceptors (Lipinski definition) is 1. The Kier molecular flexibility index (Phi) is 4.73. The van der Waals surface area contributed by atoms with E-state index in [-0.39, 0.29) is 5.91 Å². The van der Waals surface area contributed by atoms with Crippen molar-refractivity contribution >= 4 is 5.91 Å². The molecule has 0 aliphatic heterocycles. The van der Waals surface area contributed by atoms with Gasteiger partial charge in [0.25, 0.3) is 0 Å². The third-order valence-corrected chi connectivity index (χ3v) is 3.00. The van der Waals surface area contributed by atoms with Crippen LogP contribution in [0.15, 0.2) is 54.6 Å². The summed E-state index contributed by atoms with van der Waals surface area (Å²) in [5, 5.41) is 2.84. The van der Waals surface area contributed by atoms with Gasteiger partial charge in [0, 0.05) is 6.54 Å². The Morgan fingerprint density at radius 2 is 1.53 bits per heavy atom. The van der Waals surface area contributed by atoms with Gasteiger partial charge in [-0.3, -0.25) is 4.79 Å². The number of amides is 1. The molecule has 1 aromatic rings. The Hall–Kier alpha value is -2.09. The molecule has 2 aliphatic carbocycles. The maximum Gasteiger partial charge on any atom is 0.224 e. The SMILES string of the molecule is CCCNC(=O)Cc1ccccc1.c1cc2ccc1-2. The number of fused-ring (bicyclic) bond motifs is 1. The first-order valence-corrected chi connectivity index (χ1v) is 6.70. The second-order valence-electron chi connectivity index (χ2n) is 4.59. The lowest BCUT2D eigenvalue weighted by Gasteiger charge is -2.10. The molecule has 2 heteroatoms. The van der Waals surface area contributed by atoms with E-state index in [1.54, 1.807) is 0 Å². The van der Waals surface area contributed by atoms with Crippen LogP contribution in [0, 0.1) is 0 Å². The summed E-state index contributed by atoms with van der Waals surface area (Å²) in [4.78, 5) is 11.3. The van der Waals surface area contributed by atoms with Gasteiger partial charge in [-0.2, -0.15) is 0 Å². The Bertz CT molecular complexity index is 496. The lowest BCUT2D eigenvalue weighted by molar-refractivity contribution is -0.120. The lowest BCUT2D eigenvalue weighted by atomic mass is 9.95. The largest absolute Gasteiger partial charge is 0.356 e. The zero-order valence-electron chi connectivity index (χ0n) is 11.2. The van der Waals surface area contributed by atoms with Gasteiger partial charge in [0.05, 0.1) is 6.42 Å². The molecule has 19 heavy (non-hydrogen) atoms. The van der Waals surface area contributed by atoms with Gasteiger partial charge < -0.3 is 5.32 Å². The van der Waals surface area contributed by atoms with E-state index in [2.05, 4.69) is 29.6 Å². The zero-order chi connectivity index (χ0) is 13.5. The molecule has 3 rings (SSSR count). The fraction of sp³-hybridized carbons (Fsp3) is 0.235. The number of hydrogen-bond donors (Lipinski definition) is 1. The van der Waals surface area contributed by atoms with Crippen molar-refractivity contribution in [2.24, 2.45) is 0 Å². The van der Waals surface area contributed by atoms with Crippen LogP contribution >= 0.6 is 0 Å². The zero-order valence-corrected chi connectivity index (χ0v) is 11.2. The van der Waals surface area contributed by atoms with Crippen LogP contribution in [0.1, 0.15) is 18.9 Å². The average molecular weight is 253 g/mol. The molecular formula is C17H19NO. The second-order valence-corrected chi connectivity index (χ2v) is 4.59. The van der Waals surface area contributed by atoms with Crippen molar-refractivity contribution in [3.05, 3.63) is 60.2 Å². The predicted octanol–water partition coefficient (Wildman–Crippen LogP) is 3.42. The van der Waals surface area contributed by atoms with Crippen molar-refractivity contribution in [1.82, 2.24) is 5.32 Å². The summed E-state index contributed by atoms with van der Waals surface area (Å²) >= 11 is 0. The first-order valence-electron chi connectivity index (χ1n) is 6.70. The standard InChI is InChI=1S/C11H15NO.C6H4/c1-2-8-12-11(13)9-10-6-4-3-5-7-10;1-2-6-4-3-5(1)6/h3-7H,2,8-9H2,1H3,(H,12,13);1-4H. The van der Waals surface area contributed by atoms with E-state index in [0.29, 0.717) is 6.42 Å². The molecule has 0 atom stereocenters. The number of benzene rings is 2. The van der Waals surface area contributed by atoms with E-state index < -0.39 is 0 Å². The monoisotopic (exact) mass is 253 g/mol. The van der Waals surface area contributed by atoms with Gasteiger partial charge in [0.2, 0.25) is 5.91 Å². The van der Waals surface area contributed by atoms with Gasteiger partial charge >= 0.3 is 0 Å². The fourth-order valence-corrected chi connectivity index (χ4v) is 1.77. The van der Waals surface area contributed by atoms with E-state index in [1.165, 1.54) is 11.1 Å². The minimum absolute atomic E-state index is 0.105. The van der Waals surface area contributed by atoms with E-state index >= 15 is 0 Å². The van der Waals surface area contributed by atoms with Crippen molar-refractivity contribution in [3.63, 3.8) is 0 Å². The van der Waals surface area contributed by atoms with Crippen LogP contribution in [-0.4, -0.2) is 12.5 Å². The highest BCUT2D eigenvalue weighted by atomic mass is 16.1. The third kappa shape index (κ3) is 3.95. The summed E-state index contributed by atoms with van der Waals surface area (Å²) in [6.07, 6.45) is 1.47. The molecule has 0 saturated carbocycles. The van der Waals surface area contributed by atoms with Crippen LogP contribution in [0.25, 0.3) is 11.1 Å². The quantitative estimate of drug-likeness (QED) is 0.758. The van der Waals surface area contributed by atoms with Gasteiger partial charge in [-0.15, -0.1) is 0 Å².